The van der Waals surface area contributed by atoms with Gasteiger partial charge in [0.2, 0.25) is 0 Å². The third kappa shape index (κ3) is 3.84. The van der Waals surface area contributed by atoms with Crippen molar-refractivity contribution in [3.63, 3.8) is 0 Å². The smallest absolute Gasteiger partial charge is 0.145 e. The maximum Gasteiger partial charge on any atom is 0.145 e. The molecular formula is C39H26N2. The van der Waals surface area contributed by atoms with E-state index in [2.05, 4.69) is 162 Å². The number of fused-ring (bicyclic) bond motifs is 3. The normalized spacial score (nSPS) is 11.4. The van der Waals surface area contributed by atoms with E-state index in [4.69, 9.17) is 4.98 Å². The average molecular weight is 523 g/mol. The Bertz CT molecular complexity index is 2180. The summed E-state index contributed by atoms with van der Waals surface area (Å²) in [6.07, 6.45) is 0. The summed E-state index contributed by atoms with van der Waals surface area (Å²) in [6, 6.07) is 56.1. The van der Waals surface area contributed by atoms with E-state index in [1.807, 2.05) is 0 Å². The summed E-state index contributed by atoms with van der Waals surface area (Å²) in [4.78, 5) is 5.10. The Hall–Kier alpha value is -5.47. The molecular weight excluding hydrogens is 496 g/mol. The van der Waals surface area contributed by atoms with Crippen LogP contribution in [-0.4, -0.2) is 9.55 Å². The molecule has 0 fully saturated rings. The molecule has 0 unspecified atom stereocenters. The highest BCUT2D eigenvalue weighted by Gasteiger charge is 2.19. The first kappa shape index (κ1) is 23.4. The molecule has 0 aliphatic rings. The first-order valence-corrected chi connectivity index (χ1v) is 14.0. The van der Waals surface area contributed by atoms with Gasteiger partial charge in [-0.2, -0.15) is 0 Å². The number of hydrogen-bond acceptors (Lipinski definition) is 1. The SMILES string of the molecule is c1ccc(-c2c3ccccc3c(-c3ccccc3)c3cc(-n4c(-c5ccccc5)nc5ccccc54)ccc23)cc1. The molecule has 2 heteroatoms. The molecule has 192 valence electrons. The Morgan fingerprint density at radius 1 is 0.390 bits per heavy atom. The molecule has 0 amide bonds. The first-order valence-electron chi connectivity index (χ1n) is 14.0. The van der Waals surface area contributed by atoms with Gasteiger partial charge in [0.25, 0.3) is 0 Å². The number of para-hydroxylation sites is 2. The van der Waals surface area contributed by atoms with Gasteiger partial charge in [0.15, 0.2) is 0 Å². The van der Waals surface area contributed by atoms with Crippen molar-refractivity contribution < 1.29 is 0 Å². The third-order valence-corrected chi connectivity index (χ3v) is 7.98. The van der Waals surface area contributed by atoms with Gasteiger partial charge in [0, 0.05) is 11.3 Å². The van der Waals surface area contributed by atoms with Gasteiger partial charge in [0.1, 0.15) is 5.82 Å². The van der Waals surface area contributed by atoms with Crippen molar-refractivity contribution in [1.29, 1.82) is 0 Å². The van der Waals surface area contributed by atoms with Crippen molar-refractivity contribution in [3.8, 4) is 39.3 Å². The Kier molecular flexibility index (Phi) is 5.49. The fourth-order valence-corrected chi connectivity index (χ4v) is 6.21. The van der Waals surface area contributed by atoms with Crippen LogP contribution in [0.25, 0.3) is 71.9 Å². The molecule has 8 rings (SSSR count). The van der Waals surface area contributed by atoms with Crippen LogP contribution in [-0.2, 0) is 0 Å². The molecule has 0 radical (unpaired) electrons. The lowest BCUT2D eigenvalue weighted by atomic mass is 9.86. The lowest BCUT2D eigenvalue weighted by Crippen LogP contribution is -1.99. The van der Waals surface area contributed by atoms with Crippen molar-refractivity contribution >= 4 is 32.6 Å². The summed E-state index contributed by atoms with van der Waals surface area (Å²) in [5, 5.41) is 4.98. The van der Waals surface area contributed by atoms with Crippen LogP contribution in [0.2, 0.25) is 0 Å². The molecule has 0 aliphatic heterocycles. The van der Waals surface area contributed by atoms with Gasteiger partial charge >= 0.3 is 0 Å². The summed E-state index contributed by atoms with van der Waals surface area (Å²) < 4.78 is 2.30. The predicted octanol–water partition coefficient (Wildman–Crippen LogP) is 10.3. The molecule has 1 aromatic heterocycles. The molecule has 0 saturated heterocycles. The Balaban J connectivity index is 1.52. The van der Waals surface area contributed by atoms with Crippen molar-refractivity contribution in [3.05, 3.63) is 158 Å². The van der Waals surface area contributed by atoms with Crippen molar-refractivity contribution in [1.82, 2.24) is 9.55 Å². The lowest BCUT2D eigenvalue weighted by Gasteiger charge is -2.19. The standard InChI is InChI=1S/C39H26N2/c1-4-14-27(15-5-1)37-31-20-10-11-21-32(31)38(28-16-6-2-7-17-28)34-26-30(24-25-33(34)37)41-36-23-13-12-22-35(36)40-39(41)29-18-8-3-9-19-29/h1-26H. The highest BCUT2D eigenvalue weighted by atomic mass is 15.1. The molecule has 0 bridgehead atoms. The second kappa shape index (κ2) is 9.62. The second-order valence-electron chi connectivity index (χ2n) is 10.4. The van der Waals surface area contributed by atoms with E-state index in [1.165, 1.54) is 43.8 Å². The van der Waals surface area contributed by atoms with Gasteiger partial charge in [-0.15, -0.1) is 0 Å². The van der Waals surface area contributed by atoms with Gasteiger partial charge in [-0.3, -0.25) is 4.57 Å². The van der Waals surface area contributed by atoms with Crippen LogP contribution in [0.1, 0.15) is 0 Å². The quantitative estimate of drug-likeness (QED) is 0.210. The molecule has 7 aromatic carbocycles. The van der Waals surface area contributed by atoms with E-state index in [0.717, 1.165) is 28.1 Å². The van der Waals surface area contributed by atoms with E-state index in [0.29, 0.717) is 0 Å². The van der Waals surface area contributed by atoms with Gasteiger partial charge in [-0.05, 0) is 68.1 Å². The first-order chi connectivity index (χ1) is 20.4. The zero-order chi connectivity index (χ0) is 27.2. The molecule has 8 aromatic rings. The Morgan fingerprint density at radius 2 is 0.878 bits per heavy atom. The topological polar surface area (TPSA) is 17.8 Å². The van der Waals surface area contributed by atoms with Crippen LogP contribution in [0, 0.1) is 0 Å². The lowest BCUT2D eigenvalue weighted by molar-refractivity contribution is 1.11. The third-order valence-electron chi connectivity index (χ3n) is 7.98. The summed E-state index contributed by atoms with van der Waals surface area (Å²) in [7, 11) is 0. The van der Waals surface area contributed by atoms with Crippen molar-refractivity contribution in [2.45, 2.75) is 0 Å². The number of nitrogens with zero attached hydrogens (tertiary/aromatic N) is 2. The maximum absolute atomic E-state index is 5.10. The zero-order valence-corrected chi connectivity index (χ0v) is 22.4. The molecule has 0 atom stereocenters. The highest BCUT2D eigenvalue weighted by Crippen LogP contribution is 2.44. The zero-order valence-electron chi connectivity index (χ0n) is 22.4. The van der Waals surface area contributed by atoms with E-state index in [9.17, 15) is 0 Å². The van der Waals surface area contributed by atoms with Crippen LogP contribution in [0.4, 0.5) is 0 Å². The Morgan fingerprint density at radius 3 is 1.51 bits per heavy atom. The minimum Gasteiger partial charge on any atom is -0.292 e. The minimum atomic E-state index is 0.941. The fraction of sp³-hybridized carbons (Fsp3) is 0. The van der Waals surface area contributed by atoms with Crippen LogP contribution in [0.3, 0.4) is 0 Å². The van der Waals surface area contributed by atoms with E-state index in [1.54, 1.807) is 0 Å². The van der Waals surface area contributed by atoms with E-state index in [-0.39, 0.29) is 0 Å². The molecule has 0 aliphatic carbocycles. The van der Waals surface area contributed by atoms with Crippen molar-refractivity contribution in [2.75, 3.05) is 0 Å². The monoisotopic (exact) mass is 522 g/mol. The summed E-state index contributed by atoms with van der Waals surface area (Å²) in [5.74, 6) is 0.941. The number of hydrogen-bond donors (Lipinski definition) is 0. The largest absolute Gasteiger partial charge is 0.292 e. The summed E-state index contributed by atoms with van der Waals surface area (Å²) in [5.41, 5.74) is 9.22. The second-order valence-corrected chi connectivity index (χ2v) is 10.4. The van der Waals surface area contributed by atoms with Gasteiger partial charge in [-0.1, -0.05) is 133 Å². The van der Waals surface area contributed by atoms with Crippen LogP contribution in [0.5, 0.6) is 0 Å². The molecule has 0 spiro atoms. The summed E-state index contributed by atoms with van der Waals surface area (Å²) >= 11 is 0. The van der Waals surface area contributed by atoms with E-state index >= 15 is 0 Å². The molecule has 0 N–H and O–H groups in total. The molecule has 41 heavy (non-hydrogen) atoms. The van der Waals surface area contributed by atoms with E-state index < -0.39 is 0 Å². The number of imidazole rings is 1. The van der Waals surface area contributed by atoms with Crippen LogP contribution >= 0.6 is 0 Å². The number of rotatable bonds is 4. The predicted molar refractivity (Wildman–Crippen MR) is 172 cm³/mol. The van der Waals surface area contributed by atoms with Gasteiger partial charge in [-0.25, -0.2) is 4.98 Å². The molecule has 2 nitrogen and oxygen atoms in total. The highest BCUT2D eigenvalue weighted by molar-refractivity contribution is 6.21. The minimum absolute atomic E-state index is 0.941. The number of benzene rings is 7. The number of aromatic nitrogens is 2. The molecule has 0 saturated carbocycles. The Labute approximate surface area is 238 Å². The van der Waals surface area contributed by atoms with Crippen LogP contribution in [0.15, 0.2) is 158 Å². The van der Waals surface area contributed by atoms with Gasteiger partial charge < -0.3 is 0 Å². The van der Waals surface area contributed by atoms with Gasteiger partial charge in [0.05, 0.1) is 11.0 Å². The van der Waals surface area contributed by atoms with Crippen LogP contribution < -0.4 is 0 Å². The molecule has 1 heterocycles. The fourth-order valence-electron chi connectivity index (χ4n) is 6.21. The summed E-state index contributed by atoms with van der Waals surface area (Å²) in [6.45, 7) is 0. The van der Waals surface area contributed by atoms with Crippen molar-refractivity contribution in [2.24, 2.45) is 0 Å². The maximum atomic E-state index is 5.10. The average Bonchev–Trinajstić information content (AvgIpc) is 3.44.